The second-order valence-corrected chi connectivity index (χ2v) is 4.83. The van der Waals surface area contributed by atoms with Gasteiger partial charge in [0.25, 0.3) is 0 Å². The van der Waals surface area contributed by atoms with E-state index in [-0.39, 0.29) is 0 Å². The lowest BCUT2D eigenvalue weighted by Crippen LogP contribution is -2.09. The molecule has 0 saturated carbocycles. The van der Waals surface area contributed by atoms with E-state index in [1.54, 1.807) is 0 Å². The highest BCUT2D eigenvalue weighted by Gasteiger charge is 2.16. The number of Topliss-reactive ketones (excluding diaryl/α,β-unsaturated/α-hetero) is 1. The molecule has 1 rings (SSSR count). The van der Waals surface area contributed by atoms with Crippen LogP contribution in [0.5, 0.6) is 0 Å². The smallest absolute Gasteiger partial charge is 0.133 e. The monoisotopic (exact) mass is 218 g/mol. The van der Waals surface area contributed by atoms with Crippen LogP contribution in [0.25, 0.3) is 0 Å². The fourth-order valence-corrected chi connectivity index (χ4v) is 2.05. The third kappa shape index (κ3) is 4.18. The minimum absolute atomic E-state index is 0.370. The molecule has 1 heteroatoms. The summed E-state index contributed by atoms with van der Waals surface area (Å²) in [6, 6.07) is 10.4. The van der Waals surface area contributed by atoms with Gasteiger partial charge in [0, 0.05) is 12.8 Å². The van der Waals surface area contributed by atoms with Gasteiger partial charge in [0.15, 0.2) is 0 Å². The van der Waals surface area contributed by atoms with E-state index in [9.17, 15) is 4.79 Å². The van der Waals surface area contributed by atoms with Crippen LogP contribution in [0.1, 0.15) is 51.5 Å². The molecule has 0 aliphatic carbocycles. The van der Waals surface area contributed by atoms with E-state index in [4.69, 9.17) is 0 Å². The van der Waals surface area contributed by atoms with Crippen molar-refractivity contribution in [3.05, 3.63) is 35.9 Å². The van der Waals surface area contributed by atoms with Gasteiger partial charge in [0.2, 0.25) is 0 Å². The maximum Gasteiger partial charge on any atom is 0.133 e. The first kappa shape index (κ1) is 13.0. The number of hydrogen-bond donors (Lipinski definition) is 0. The Morgan fingerprint density at radius 1 is 1.19 bits per heavy atom. The first-order valence-electron chi connectivity index (χ1n) is 6.20. The van der Waals surface area contributed by atoms with Crippen molar-refractivity contribution < 1.29 is 4.79 Å². The number of benzene rings is 1. The molecule has 1 nitrogen and oxygen atoms in total. The van der Waals surface area contributed by atoms with Gasteiger partial charge in [0.1, 0.15) is 5.78 Å². The van der Waals surface area contributed by atoms with Crippen molar-refractivity contribution >= 4 is 5.78 Å². The van der Waals surface area contributed by atoms with Gasteiger partial charge in [-0.15, -0.1) is 0 Å². The molecule has 0 radical (unpaired) electrons. The molecule has 0 amide bonds. The molecule has 0 saturated heterocycles. The van der Waals surface area contributed by atoms with E-state index < -0.39 is 0 Å². The molecular formula is C15H22O. The Labute approximate surface area is 98.9 Å². The molecule has 1 aromatic rings. The number of carbonyl (C=O) groups is 1. The Hall–Kier alpha value is -1.11. The summed E-state index contributed by atoms with van der Waals surface area (Å²) in [5.74, 6) is 1.40. The van der Waals surface area contributed by atoms with Crippen molar-refractivity contribution in [3.8, 4) is 0 Å². The van der Waals surface area contributed by atoms with Gasteiger partial charge in [0.05, 0.1) is 0 Å². The van der Waals surface area contributed by atoms with Gasteiger partial charge in [-0.3, -0.25) is 4.79 Å². The lowest BCUT2D eigenvalue weighted by atomic mass is 9.86. The molecule has 16 heavy (non-hydrogen) atoms. The van der Waals surface area contributed by atoms with Gasteiger partial charge in [-0.05, 0) is 23.8 Å². The third-order valence-corrected chi connectivity index (χ3v) is 2.90. The molecule has 0 bridgehead atoms. The zero-order valence-corrected chi connectivity index (χ0v) is 10.6. The van der Waals surface area contributed by atoms with Crippen molar-refractivity contribution in [2.45, 2.75) is 46.0 Å². The zero-order chi connectivity index (χ0) is 12.0. The molecule has 0 aliphatic heterocycles. The summed E-state index contributed by atoms with van der Waals surface area (Å²) in [6.45, 7) is 6.37. The van der Waals surface area contributed by atoms with Crippen LogP contribution in [0.4, 0.5) is 0 Å². The molecule has 1 atom stereocenters. The molecule has 0 N–H and O–H groups in total. The van der Waals surface area contributed by atoms with Gasteiger partial charge in [-0.2, -0.15) is 0 Å². The molecule has 0 heterocycles. The lowest BCUT2D eigenvalue weighted by molar-refractivity contribution is -0.119. The average Bonchev–Trinajstić information content (AvgIpc) is 2.28. The number of hydrogen-bond acceptors (Lipinski definition) is 1. The van der Waals surface area contributed by atoms with Gasteiger partial charge < -0.3 is 0 Å². The van der Waals surface area contributed by atoms with Crippen LogP contribution in [0, 0.1) is 5.92 Å². The Kier molecular flexibility index (Phi) is 5.24. The Morgan fingerprint density at radius 3 is 2.31 bits per heavy atom. The predicted octanol–water partition coefficient (Wildman–Crippen LogP) is 4.19. The summed E-state index contributed by atoms with van der Waals surface area (Å²) in [5.41, 5.74) is 1.30. The summed E-state index contributed by atoms with van der Waals surface area (Å²) >= 11 is 0. The molecule has 1 aromatic carbocycles. The van der Waals surface area contributed by atoms with Crippen LogP contribution in [0.2, 0.25) is 0 Å². The van der Waals surface area contributed by atoms with Crippen molar-refractivity contribution in [2.75, 3.05) is 0 Å². The minimum atomic E-state index is 0.370. The standard InChI is InChI=1S/C15H22O/c1-4-15(16)11-14(10-12(2)3)13-8-6-5-7-9-13/h5-9,12,14H,4,10-11H2,1-3H3. The quantitative estimate of drug-likeness (QED) is 0.700. The maximum absolute atomic E-state index is 11.6. The first-order chi connectivity index (χ1) is 7.63. The van der Waals surface area contributed by atoms with Gasteiger partial charge >= 0.3 is 0 Å². The number of carbonyl (C=O) groups excluding carboxylic acids is 1. The van der Waals surface area contributed by atoms with Gasteiger partial charge in [-0.25, -0.2) is 0 Å². The van der Waals surface area contributed by atoms with Crippen LogP contribution >= 0.6 is 0 Å². The molecule has 1 unspecified atom stereocenters. The molecule has 0 fully saturated rings. The van der Waals surface area contributed by atoms with Crippen molar-refractivity contribution in [2.24, 2.45) is 5.92 Å². The van der Waals surface area contributed by atoms with Crippen LogP contribution in [0.15, 0.2) is 30.3 Å². The zero-order valence-electron chi connectivity index (χ0n) is 10.6. The Balaban J connectivity index is 2.75. The Morgan fingerprint density at radius 2 is 1.81 bits per heavy atom. The average molecular weight is 218 g/mol. The molecule has 0 spiro atoms. The summed E-state index contributed by atoms with van der Waals surface area (Å²) in [5, 5.41) is 0. The van der Waals surface area contributed by atoms with Crippen molar-refractivity contribution in [1.82, 2.24) is 0 Å². The highest BCUT2D eigenvalue weighted by atomic mass is 16.1. The van der Waals surface area contributed by atoms with Crippen molar-refractivity contribution in [1.29, 1.82) is 0 Å². The second kappa shape index (κ2) is 6.47. The highest BCUT2D eigenvalue weighted by molar-refractivity contribution is 5.78. The molecular weight excluding hydrogens is 196 g/mol. The van der Waals surface area contributed by atoms with E-state index in [1.165, 1.54) is 5.56 Å². The SMILES string of the molecule is CCC(=O)CC(CC(C)C)c1ccccc1. The van der Waals surface area contributed by atoms with Crippen LogP contribution in [-0.2, 0) is 4.79 Å². The molecule has 0 aliphatic rings. The number of rotatable bonds is 6. The first-order valence-corrected chi connectivity index (χ1v) is 6.20. The maximum atomic E-state index is 11.6. The lowest BCUT2D eigenvalue weighted by Gasteiger charge is -2.18. The fourth-order valence-electron chi connectivity index (χ4n) is 2.05. The summed E-state index contributed by atoms with van der Waals surface area (Å²) < 4.78 is 0. The molecule has 0 aromatic heterocycles. The van der Waals surface area contributed by atoms with E-state index in [0.717, 1.165) is 6.42 Å². The van der Waals surface area contributed by atoms with E-state index in [2.05, 4.69) is 38.1 Å². The second-order valence-electron chi connectivity index (χ2n) is 4.83. The fraction of sp³-hybridized carbons (Fsp3) is 0.533. The van der Waals surface area contributed by atoms with Crippen molar-refractivity contribution in [3.63, 3.8) is 0 Å². The summed E-state index contributed by atoms with van der Waals surface area (Å²) in [7, 11) is 0. The largest absolute Gasteiger partial charge is 0.300 e. The highest BCUT2D eigenvalue weighted by Crippen LogP contribution is 2.27. The molecule has 88 valence electrons. The van der Waals surface area contributed by atoms with Crippen LogP contribution in [-0.4, -0.2) is 5.78 Å². The topological polar surface area (TPSA) is 17.1 Å². The van der Waals surface area contributed by atoms with Gasteiger partial charge in [-0.1, -0.05) is 51.1 Å². The number of ketones is 1. The third-order valence-electron chi connectivity index (χ3n) is 2.90. The minimum Gasteiger partial charge on any atom is -0.300 e. The van der Waals surface area contributed by atoms with Crippen LogP contribution < -0.4 is 0 Å². The van der Waals surface area contributed by atoms with Crippen LogP contribution in [0.3, 0.4) is 0 Å². The van der Waals surface area contributed by atoms with E-state index in [1.807, 2.05) is 13.0 Å². The van der Waals surface area contributed by atoms with E-state index in [0.29, 0.717) is 30.5 Å². The van der Waals surface area contributed by atoms with E-state index >= 15 is 0 Å². The normalized spacial score (nSPS) is 12.8. The summed E-state index contributed by atoms with van der Waals surface area (Å²) in [6.07, 6.45) is 2.44. The Bertz CT molecular complexity index is 313. The summed E-state index contributed by atoms with van der Waals surface area (Å²) in [4.78, 5) is 11.6. The predicted molar refractivity (Wildman–Crippen MR) is 68.6 cm³/mol.